The lowest BCUT2D eigenvalue weighted by atomic mass is 10.2. The van der Waals surface area contributed by atoms with E-state index in [4.69, 9.17) is 11.6 Å². The molecule has 1 rings (SSSR count). The molecular weight excluding hydrogens is 249 g/mol. The van der Waals surface area contributed by atoms with Gasteiger partial charge >= 0.3 is 0 Å². The first-order valence-electron chi connectivity index (χ1n) is 4.83. The molecule has 1 aromatic rings. The van der Waals surface area contributed by atoms with Gasteiger partial charge in [-0.3, -0.25) is 4.79 Å². The Kier molecular flexibility index (Phi) is 5.09. The highest BCUT2D eigenvalue weighted by atomic mass is 35.5. The van der Waals surface area contributed by atoms with Crippen molar-refractivity contribution in [3.8, 4) is 0 Å². The molecule has 0 saturated heterocycles. The van der Waals surface area contributed by atoms with E-state index in [-0.39, 0.29) is 18.3 Å². The third-order valence-corrected chi connectivity index (χ3v) is 2.63. The molecule has 0 fully saturated rings. The minimum Gasteiger partial charge on any atom is -0.341 e. The summed E-state index contributed by atoms with van der Waals surface area (Å²) in [6.07, 6.45) is 0.349. The number of nitrogens with zero attached hydrogens (tertiary/aromatic N) is 1. The zero-order valence-corrected chi connectivity index (χ0v) is 10.6. The van der Waals surface area contributed by atoms with Crippen molar-refractivity contribution in [3.05, 3.63) is 34.6 Å². The smallest absolute Gasteiger partial charge is 0.223 e. The number of benzene rings is 1. The Hall–Kier alpha value is -0.740. The van der Waals surface area contributed by atoms with Crippen molar-refractivity contribution in [1.29, 1.82) is 0 Å². The molecule has 0 spiro atoms. The number of hydrogen-bond donors (Lipinski definition) is 1. The lowest BCUT2D eigenvalue weighted by molar-refractivity contribution is -0.129. The molecule has 0 saturated carbocycles. The van der Waals surface area contributed by atoms with Gasteiger partial charge in [-0.1, -0.05) is 11.6 Å². The molecule has 0 aliphatic carbocycles. The molecule has 1 aromatic carbocycles. The van der Waals surface area contributed by atoms with Crippen molar-refractivity contribution in [2.24, 2.45) is 0 Å². The molecule has 0 bridgehead atoms. The van der Waals surface area contributed by atoms with Crippen LogP contribution in [0.25, 0.3) is 0 Å². The fourth-order valence-corrected chi connectivity index (χ4v) is 1.68. The van der Waals surface area contributed by atoms with Crippen LogP contribution in [-0.4, -0.2) is 23.6 Å². The summed E-state index contributed by atoms with van der Waals surface area (Å²) < 4.78 is 13.4. The summed E-state index contributed by atoms with van der Waals surface area (Å²) in [6, 6.07) is 4.31. The summed E-state index contributed by atoms with van der Waals surface area (Å²) in [5.41, 5.74) is 0.419. The van der Waals surface area contributed by atoms with E-state index in [9.17, 15) is 9.18 Å². The van der Waals surface area contributed by atoms with Crippen LogP contribution in [0.2, 0.25) is 5.02 Å². The van der Waals surface area contributed by atoms with Gasteiger partial charge in [0.05, 0.1) is 0 Å². The van der Waals surface area contributed by atoms with Crippen molar-refractivity contribution in [2.75, 3.05) is 12.8 Å². The average Bonchev–Trinajstić information content (AvgIpc) is 2.23. The van der Waals surface area contributed by atoms with Crippen LogP contribution in [0.3, 0.4) is 0 Å². The summed E-state index contributed by atoms with van der Waals surface area (Å²) in [6.45, 7) is 0.221. The Morgan fingerprint density at radius 2 is 2.25 bits per heavy atom. The largest absolute Gasteiger partial charge is 0.341 e. The van der Waals surface area contributed by atoms with Crippen LogP contribution in [0, 0.1) is 5.82 Å². The molecule has 0 aliphatic rings. The maximum absolute atomic E-state index is 13.4. The first-order valence-corrected chi connectivity index (χ1v) is 5.84. The molecule has 1 amide bonds. The Balaban J connectivity index is 2.72. The van der Waals surface area contributed by atoms with Gasteiger partial charge in [0.2, 0.25) is 5.91 Å². The second-order valence-corrected chi connectivity index (χ2v) is 4.34. The normalized spacial score (nSPS) is 10.2. The molecule has 0 heterocycles. The third-order valence-electron chi connectivity index (χ3n) is 2.17. The van der Waals surface area contributed by atoms with Crippen molar-refractivity contribution >= 4 is 30.1 Å². The average molecular weight is 262 g/mol. The molecule has 2 nitrogen and oxygen atoms in total. The van der Waals surface area contributed by atoms with Crippen molar-refractivity contribution in [3.63, 3.8) is 0 Å². The van der Waals surface area contributed by atoms with E-state index in [1.807, 2.05) is 0 Å². The third kappa shape index (κ3) is 3.68. The zero-order chi connectivity index (χ0) is 12.1. The van der Waals surface area contributed by atoms with E-state index in [2.05, 4.69) is 12.6 Å². The van der Waals surface area contributed by atoms with Crippen molar-refractivity contribution < 1.29 is 9.18 Å². The van der Waals surface area contributed by atoms with Gasteiger partial charge in [0, 0.05) is 30.6 Å². The highest BCUT2D eigenvalue weighted by Gasteiger charge is 2.11. The lowest BCUT2D eigenvalue weighted by Crippen LogP contribution is -2.26. The number of amides is 1. The van der Waals surface area contributed by atoms with Gasteiger partial charge in [-0.2, -0.15) is 12.6 Å². The van der Waals surface area contributed by atoms with Gasteiger partial charge < -0.3 is 4.90 Å². The second kappa shape index (κ2) is 6.11. The summed E-state index contributed by atoms with van der Waals surface area (Å²) in [5.74, 6) is 0.0746. The van der Waals surface area contributed by atoms with E-state index in [0.717, 1.165) is 0 Å². The number of carbonyl (C=O) groups excluding carboxylic acids is 1. The Bertz CT molecular complexity index is 386. The standard InChI is InChI=1S/C11H13ClFNOS/c1-14(11(15)4-5-16)7-8-6-9(12)2-3-10(8)13/h2-3,6,16H,4-5,7H2,1H3. The minimum absolute atomic E-state index is 0.0608. The van der Waals surface area contributed by atoms with Crippen LogP contribution in [-0.2, 0) is 11.3 Å². The highest BCUT2D eigenvalue weighted by molar-refractivity contribution is 7.80. The molecule has 0 atom stereocenters. The van der Waals surface area contributed by atoms with Crippen molar-refractivity contribution in [2.45, 2.75) is 13.0 Å². The second-order valence-electron chi connectivity index (χ2n) is 3.46. The maximum atomic E-state index is 13.4. The monoisotopic (exact) mass is 261 g/mol. The van der Waals surface area contributed by atoms with E-state index in [1.54, 1.807) is 7.05 Å². The van der Waals surface area contributed by atoms with Crippen molar-refractivity contribution in [1.82, 2.24) is 4.90 Å². The van der Waals surface area contributed by atoms with Crippen LogP contribution < -0.4 is 0 Å². The zero-order valence-electron chi connectivity index (χ0n) is 8.91. The van der Waals surface area contributed by atoms with E-state index in [0.29, 0.717) is 22.8 Å². The number of hydrogen-bond acceptors (Lipinski definition) is 2. The molecule has 0 N–H and O–H groups in total. The van der Waals surface area contributed by atoms with Crippen LogP contribution in [0.15, 0.2) is 18.2 Å². The predicted octanol–water partition coefficient (Wildman–Crippen LogP) is 2.76. The van der Waals surface area contributed by atoms with Gasteiger partial charge in [-0.15, -0.1) is 0 Å². The lowest BCUT2D eigenvalue weighted by Gasteiger charge is -2.17. The predicted molar refractivity (Wildman–Crippen MR) is 66.4 cm³/mol. The van der Waals surface area contributed by atoms with Gasteiger partial charge in [0.25, 0.3) is 0 Å². The fraction of sp³-hybridized carbons (Fsp3) is 0.364. The van der Waals surface area contributed by atoms with Gasteiger partial charge in [-0.05, 0) is 24.0 Å². The molecule has 5 heteroatoms. The quantitative estimate of drug-likeness (QED) is 0.827. The Morgan fingerprint density at radius 1 is 1.56 bits per heavy atom. The van der Waals surface area contributed by atoms with Crippen LogP contribution >= 0.6 is 24.2 Å². The Morgan fingerprint density at radius 3 is 2.88 bits per heavy atom. The SMILES string of the molecule is CN(Cc1cc(Cl)ccc1F)C(=O)CCS. The van der Waals surface area contributed by atoms with E-state index in [1.165, 1.54) is 23.1 Å². The molecule has 0 aliphatic heterocycles. The number of halogens is 2. The number of rotatable bonds is 4. The Labute approximate surface area is 105 Å². The summed E-state index contributed by atoms with van der Waals surface area (Å²) in [5, 5.41) is 0.464. The summed E-state index contributed by atoms with van der Waals surface area (Å²) in [4.78, 5) is 12.9. The molecule has 88 valence electrons. The minimum atomic E-state index is -0.352. The van der Waals surface area contributed by atoms with Gasteiger partial charge in [0.15, 0.2) is 0 Å². The number of carbonyl (C=O) groups is 1. The van der Waals surface area contributed by atoms with Gasteiger partial charge in [0.1, 0.15) is 5.82 Å². The molecular formula is C11H13ClFNOS. The van der Waals surface area contributed by atoms with Crippen LogP contribution in [0.1, 0.15) is 12.0 Å². The molecule has 0 aromatic heterocycles. The summed E-state index contributed by atoms with van der Waals surface area (Å²) in [7, 11) is 1.63. The van der Waals surface area contributed by atoms with Crippen LogP contribution in [0.4, 0.5) is 4.39 Å². The summed E-state index contributed by atoms with van der Waals surface area (Å²) >= 11 is 9.73. The van der Waals surface area contributed by atoms with Crippen LogP contribution in [0.5, 0.6) is 0 Å². The topological polar surface area (TPSA) is 20.3 Å². The highest BCUT2D eigenvalue weighted by Crippen LogP contribution is 2.16. The number of thiol groups is 1. The molecule has 16 heavy (non-hydrogen) atoms. The fourth-order valence-electron chi connectivity index (χ4n) is 1.29. The first kappa shape index (κ1) is 13.3. The molecule has 0 radical (unpaired) electrons. The van der Waals surface area contributed by atoms with E-state index < -0.39 is 0 Å². The van der Waals surface area contributed by atoms with E-state index >= 15 is 0 Å². The van der Waals surface area contributed by atoms with Gasteiger partial charge in [-0.25, -0.2) is 4.39 Å². The maximum Gasteiger partial charge on any atom is 0.223 e. The molecule has 0 unspecified atom stereocenters. The first-order chi connectivity index (χ1) is 7.54.